The Bertz CT molecular complexity index is 1190. The average molecular weight is 491 g/mol. The Morgan fingerprint density at radius 1 is 1.06 bits per heavy atom. The Morgan fingerprint density at radius 2 is 1.79 bits per heavy atom. The lowest BCUT2D eigenvalue weighted by Crippen LogP contribution is -2.41. The van der Waals surface area contributed by atoms with Crippen LogP contribution in [0.5, 0.6) is 0 Å². The van der Waals surface area contributed by atoms with Crippen LogP contribution in [0.25, 0.3) is 0 Å². The summed E-state index contributed by atoms with van der Waals surface area (Å²) >= 11 is 5.94. The summed E-state index contributed by atoms with van der Waals surface area (Å²) in [4.78, 5) is 29.0. The molecular weight excluding hydrogens is 464 g/mol. The molecule has 2 aromatic rings. The molecule has 0 spiro atoms. The Morgan fingerprint density at radius 3 is 2.48 bits per heavy atom. The van der Waals surface area contributed by atoms with Gasteiger partial charge in [0.25, 0.3) is 0 Å². The van der Waals surface area contributed by atoms with E-state index in [0.29, 0.717) is 23.7 Å². The molecule has 0 aromatic heterocycles. The lowest BCUT2D eigenvalue weighted by atomic mass is 10.2. The van der Waals surface area contributed by atoms with Gasteiger partial charge < -0.3 is 10.2 Å². The molecule has 4 rings (SSSR count). The van der Waals surface area contributed by atoms with Crippen molar-refractivity contribution in [2.45, 2.75) is 44.0 Å². The van der Waals surface area contributed by atoms with Gasteiger partial charge >= 0.3 is 6.03 Å². The molecular formula is C23H27ClN4O4S. The minimum Gasteiger partial charge on any atom is -0.324 e. The molecule has 2 aliphatic heterocycles. The van der Waals surface area contributed by atoms with Crippen LogP contribution >= 0.6 is 11.6 Å². The van der Waals surface area contributed by atoms with Crippen LogP contribution in [0, 0.1) is 6.92 Å². The molecule has 2 aromatic carbocycles. The standard InChI is InChI=1S/C23H27ClN4O4S/c1-15-13-18(24)5-7-20(15)25-22(29)16(2)26-33(31,32)19-6-8-21-17(14-19)9-12-28(21)23(30)27-10-3-4-11-27/h5-8,13-14,16,26H,3-4,9-12H2,1-2H3,(H,25,29)/t16-/m0/s1. The summed E-state index contributed by atoms with van der Waals surface area (Å²) < 4.78 is 28.3. The van der Waals surface area contributed by atoms with Crippen LogP contribution in [0.2, 0.25) is 5.02 Å². The van der Waals surface area contributed by atoms with E-state index in [1.54, 1.807) is 42.2 Å². The summed E-state index contributed by atoms with van der Waals surface area (Å²) in [5, 5.41) is 3.28. The summed E-state index contributed by atoms with van der Waals surface area (Å²) in [6.07, 6.45) is 2.61. The maximum Gasteiger partial charge on any atom is 0.324 e. The number of urea groups is 1. The number of sulfonamides is 1. The average Bonchev–Trinajstić information content (AvgIpc) is 3.44. The van der Waals surface area contributed by atoms with Gasteiger partial charge in [0, 0.05) is 36.0 Å². The molecule has 10 heteroatoms. The van der Waals surface area contributed by atoms with Crippen molar-refractivity contribution >= 4 is 44.9 Å². The molecule has 0 saturated carbocycles. The summed E-state index contributed by atoms with van der Waals surface area (Å²) in [5.41, 5.74) is 2.89. The van der Waals surface area contributed by atoms with E-state index in [-0.39, 0.29) is 10.9 Å². The first-order chi connectivity index (χ1) is 15.7. The minimum absolute atomic E-state index is 0.0252. The molecule has 2 aliphatic rings. The number of rotatable bonds is 5. The fourth-order valence-corrected chi connectivity index (χ4v) is 5.67. The van der Waals surface area contributed by atoms with Gasteiger partial charge in [-0.3, -0.25) is 9.69 Å². The molecule has 2 N–H and O–H groups in total. The number of aryl methyl sites for hydroxylation is 1. The van der Waals surface area contributed by atoms with Crippen LogP contribution in [-0.4, -0.2) is 50.9 Å². The van der Waals surface area contributed by atoms with Crippen LogP contribution in [0.15, 0.2) is 41.3 Å². The third-order valence-electron chi connectivity index (χ3n) is 6.04. The van der Waals surface area contributed by atoms with Crippen molar-refractivity contribution in [2.75, 3.05) is 29.9 Å². The third kappa shape index (κ3) is 5.00. The van der Waals surface area contributed by atoms with Crippen LogP contribution in [0.4, 0.5) is 16.2 Å². The van der Waals surface area contributed by atoms with Crippen molar-refractivity contribution in [3.63, 3.8) is 0 Å². The molecule has 0 unspecified atom stereocenters. The van der Waals surface area contributed by atoms with E-state index in [1.807, 2.05) is 4.90 Å². The van der Waals surface area contributed by atoms with Gasteiger partial charge in [0.05, 0.1) is 10.9 Å². The molecule has 176 valence electrons. The number of anilines is 2. The van der Waals surface area contributed by atoms with Crippen LogP contribution in [-0.2, 0) is 21.2 Å². The largest absolute Gasteiger partial charge is 0.324 e. The SMILES string of the molecule is Cc1cc(Cl)ccc1NC(=O)[C@H](C)NS(=O)(=O)c1ccc2c(c1)CCN2C(=O)N1CCCC1. The Labute approximate surface area is 198 Å². The van der Waals surface area contributed by atoms with Crippen molar-refractivity contribution in [2.24, 2.45) is 0 Å². The Hall–Kier alpha value is -2.62. The molecule has 8 nitrogen and oxygen atoms in total. The molecule has 33 heavy (non-hydrogen) atoms. The van der Waals surface area contributed by atoms with E-state index in [1.165, 1.54) is 13.0 Å². The molecule has 2 heterocycles. The zero-order valence-corrected chi connectivity index (χ0v) is 20.2. The smallest absolute Gasteiger partial charge is 0.324 e. The quantitative estimate of drug-likeness (QED) is 0.669. The molecule has 0 bridgehead atoms. The predicted octanol–water partition coefficient (Wildman–Crippen LogP) is 3.53. The number of halogens is 1. The Balaban J connectivity index is 1.45. The van der Waals surface area contributed by atoms with Gasteiger partial charge in [0.15, 0.2) is 0 Å². The summed E-state index contributed by atoms with van der Waals surface area (Å²) in [6.45, 7) is 5.34. The fraction of sp³-hybridized carbons (Fsp3) is 0.391. The second-order valence-electron chi connectivity index (χ2n) is 8.46. The van der Waals surface area contributed by atoms with Crippen molar-refractivity contribution in [1.29, 1.82) is 0 Å². The normalized spacial score (nSPS) is 16.6. The lowest BCUT2D eigenvalue weighted by molar-refractivity contribution is -0.117. The number of fused-ring (bicyclic) bond motifs is 1. The number of carbonyl (C=O) groups excluding carboxylic acids is 2. The van der Waals surface area contributed by atoms with E-state index in [4.69, 9.17) is 11.6 Å². The second kappa shape index (κ2) is 9.32. The zero-order chi connectivity index (χ0) is 23.8. The predicted molar refractivity (Wildman–Crippen MR) is 128 cm³/mol. The van der Waals surface area contributed by atoms with E-state index < -0.39 is 22.0 Å². The number of hydrogen-bond donors (Lipinski definition) is 2. The van der Waals surface area contributed by atoms with E-state index in [2.05, 4.69) is 10.0 Å². The lowest BCUT2D eigenvalue weighted by Gasteiger charge is -2.24. The van der Waals surface area contributed by atoms with Gasteiger partial charge in [-0.05, 0) is 80.6 Å². The monoisotopic (exact) mass is 490 g/mol. The molecule has 3 amide bonds. The van der Waals surface area contributed by atoms with E-state index >= 15 is 0 Å². The van der Waals surface area contributed by atoms with Gasteiger partial charge in [-0.15, -0.1) is 0 Å². The molecule has 1 fully saturated rings. The van der Waals surface area contributed by atoms with Crippen LogP contribution in [0.3, 0.4) is 0 Å². The maximum absolute atomic E-state index is 12.9. The summed E-state index contributed by atoms with van der Waals surface area (Å²) in [5.74, 6) is -0.479. The number of amides is 3. The molecule has 0 aliphatic carbocycles. The van der Waals surface area contributed by atoms with Gasteiger partial charge in [-0.1, -0.05) is 11.6 Å². The second-order valence-corrected chi connectivity index (χ2v) is 10.6. The molecule has 1 atom stereocenters. The highest BCUT2D eigenvalue weighted by Crippen LogP contribution is 2.31. The number of nitrogens with zero attached hydrogens (tertiary/aromatic N) is 2. The highest BCUT2D eigenvalue weighted by atomic mass is 35.5. The highest BCUT2D eigenvalue weighted by Gasteiger charge is 2.31. The minimum atomic E-state index is -3.93. The number of likely N-dealkylation sites (tertiary alicyclic amines) is 1. The third-order valence-corrected chi connectivity index (χ3v) is 7.81. The first-order valence-electron chi connectivity index (χ1n) is 10.9. The van der Waals surface area contributed by atoms with E-state index in [9.17, 15) is 18.0 Å². The summed E-state index contributed by atoms with van der Waals surface area (Å²) in [6, 6.07) is 8.76. The number of benzene rings is 2. The van der Waals surface area contributed by atoms with Crippen molar-refractivity contribution in [1.82, 2.24) is 9.62 Å². The van der Waals surface area contributed by atoms with Gasteiger partial charge in [-0.25, -0.2) is 13.2 Å². The van der Waals surface area contributed by atoms with Gasteiger partial charge in [0.1, 0.15) is 0 Å². The van der Waals surface area contributed by atoms with E-state index in [0.717, 1.165) is 42.7 Å². The first kappa shape index (κ1) is 23.5. The van der Waals surface area contributed by atoms with Crippen molar-refractivity contribution in [3.8, 4) is 0 Å². The van der Waals surface area contributed by atoms with Crippen molar-refractivity contribution < 1.29 is 18.0 Å². The van der Waals surface area contributed by atoms with Gasteiger partial charge in [-0.2, -0.15) is 4.72 Å². The zero-order valence-electron chi connectivity index (χ0n) is 18.6. The number of hydrogen-bond acceptors (Lipinski definition) is 4. The first-order valence-corrected chi connectivity index (χ1v) is 12.8. The molecule has 0 radical (unpaired) electrons. The summed E-state index contributed by atoms with van der Waals surface area (Å²) in [7, 11) is -3.93. The number of carbonyl (C=O) groups is 2. The van der Waals surface area contributed by atoms with Crippen LogP contribution in [0.1, 0.15) is 30.9 Å². The van der Waals surface area contributed by atoms with Gasteiger partial charge in [0.2, 0.25) is 15.9 Å². The fourth-order valence-electron chi connectivity index (χ4n) is 4.19. The highest BCUT2D eigenvalue weighted by molar-refractivity contribution is 7.89. The topological polar surface area (TPSA) is 98.8 Å². The molecule has 1 saturated heterocycles. The van der Waals surface area contributed by atoms with Crippen molar-refractivity contribution in [3.05, 3.63) is 52.5 Å². The maximum atomic E-state index is 12.9. The Kier molecular flexibility index (Phi) is 6.65. The number of nitrogens with one attached hydrogen (secondary N) is 2. The van der Waals surface area contributed by atoms with Crippen LogP contribution < -0.4 is 14.9 Å².